The highest BCUT2D eigenvalue weighted by molar-refractivity contribution is 5.77. The van der Waals surface area contributed by atoms with Gasteiger partial charge in [-0.2, -0.15) is 0 Å². The van der Waals surface area contributed by atoms with E-state index in [2.05, 4.69) is 22.8 Å². The largest absolute Gasteiger partial charge is 0.383 e. The first-order valence-corrected chi connectivity index (χ1v) is 6.91. The average molecular weight is 280 g/mol. The third kappa shape index (κ3) is 8.63. The Bertz CT molecular complexity index is 357. The standard InChI is InChI=1S/C15H24N2O3/c1-19-11-9-17-15(18)13-20-10-5-8-16-12-14-6-3-2-4-7-14/h2-4,6-7,16H,5,8-13H2,1H3,(H,17,18). The van der Waals surface area contributed by atoms with E-state index in [1.54, 1.807) is 7.11 Å². The molecule has 1 aromatic carbocycles. The molecule has 20 heavy (non-hydrogen) atoms. The number of hydrogen-bond acceptors (Lipinski definition) is 4. The second-order valence-electron chi connectivity index (χ2n) is 4.41. The Labute approximate surface area is 120 Å². The van der Waals surface area contributed by atoms with Crippen LogP contribution in [-0.2, 0) is 20.8 Å². The summed E-state index contributed by atoms with van der Waals surface area (Å²) < 4.78 is 10.1. The van der Waals surface area contributed by atoms with Crippen molar-refractivity contribution in [3.63, 3.8) is 0 Å². The van der Waals surface area contributed by atoms with Crippen LogP contribution in [0.4, 0.5) is 0 Å². The summed E-state index contributed by atoms with van der Waals surface area (Å²) in [6.07, 6.45) is 0.887. The van der Waals surface area contributed by atoms with Gasteiger partial charge in [0, 0.05) is 26.8 Å². The van der Waals surface area contributed by atoms with Gasteiger partial charge in [-0.1, -0.05) is 30.3 Å². The van der Waals surface area contributed by atoms with Crippen LogP contribution in [0.5, 0.6) is 0 Å². The summed E-state index contributed by atoms with van der Waals surface area (Å²) in [4.78, 5) is 11.3. The first-order valence-electron chi connectivity index (χ1n) is 6.91. The summed E-state index contributed by atoms with van der Waals surface area (Å²) in [6, 6.07) is 10.3. The average Bonchev–Trinajstić information content (AvgIpc) is 2.47. The molecule has 0 aliphatic carbocycles. The highest BCUT2D eigenvalue weighted by atomic mass is 16.5. The van der Waals surface area contributed by atoms with E-state index in [-0.39, 0.29) is 12.5 Å². The van der Waals surface area contributed by atoms with Crippen LogP contribution in [0.25, 0.3) is 0 Å². The zero-order valence-electron chi connectivity index (χ0n) is 12.1. The van der Waals surface area contributed by atoms with E-state index in [9.17, 15) is 4.79 Å². The summed E-state index contributed by atoms with van der Waals surface area (Å²) in [6.45, 7) is 3.48. The highest BCUT2D eigenvalue weighted by Crippen LogP contribution is 1.96. The number of nitrogens with one attached hydrogen (secondary N) is 2. The van der Waals surface area contributed by atoms with Crippen molar-refractivity contribution >= 4 is 5.91 Å². The maximum Gasteiger partial charge on any atom is 0.246 e. The van der Waals surface area contributed by atoms with E-state index < -0.39 is 0 Å². The Morgan fingerprint density at radius 3 is 2.70 bits per heavy atom. The monoisotopic (exact) mass is 280 g/mol. The molecule has 0 fully saturated rings. The molecule has 5 nitrogen and oxygen atoms in total. The van der Waals surface area contributed by atoms with Gasteiger partial charge in [0.25, 0.3) is 0 Å². The van der Waals surface area contributed by atoms with Crippen molar-refractivity contribution in [3.05, 3.63) is 35.9 Å². The number of methoxy groups -OCH3 is 1. The van der Waals surface area contributed by atoms with Gasteiger partial charge >= 0.3 is 0 Å². The molecule has 0 unspecified atom stereocenters. The highest BCUT2D eigenvalue weighted by Gasteiger charge is 1.99. The second-order valence-corrected chi connectivity index (χ2v) is 4.41. The quantitative estimate of drug-likeness (QED) is 0.592. The maximum atomic E-state index is 11.3. The van der Waals surface area contributed by atoms with Gasteiger partial charge in [-0.3, -0.25) is 4.79 Å². The Balaban J connectivity index is 1.88. The van der Waals surface area contributed by atoms with Gasteiger partial charge in [0.05, 0.1) is 6.61 Å². The van der Waals surface area contributed by atoms with Crippen LogP contribution in [0.15, 0.2) is 30.3 Å². The Hall–Kier alpha value is -1.43. The molecule has 112 valence electrons. The van der Waals surface area contributed by atoms with Gasteiger partial charge in [-0.15, -0.1) is 0 Å². The van der Waals surface area contributed by atoms with Crippen LogP contribution >= 0.6 is 0 Å². The fraction of sp³-hybridized carbons (Fsp3) is 0.533. The number of carbonyl (C=O) groups is 1. The Morgan fingerprint density at radius 1 is 1.15 bits per heavy atom. The second kappa shape index (κ2) is 11.4. The molecule has 0 heterocycles. The first kappa shape index (κ1) is 16.6. The molecule has 1 rings (SSSR count). The van der Waals surface area contributed by atoms with Gasteiger partial charge in [0.1, 0.15) is 6.61 Å². The predicted octanol–water partition coefficient (Wildman–Crippen LogP) is 0.946. The number of hydrogen-bond donors (Lipinski definition) is 2. The van der Waals surface area contributed by atoms with E-state index in [1.807, 2.05) is 18.2 Å². The molecular weight excluding hydrogens is 256 g/mol. The van der Waals surface area contributed by atoms with Crippen molar-refractivity contribution in [1.29, 1.82) is 0 Å². The third-order valence-electron chi connectivity index (χ3n) is 2.68. The van der Waals surface area contributed by atoms with Gasteiger partial charge in [-0.25, -0.2) is 0 Å². The molecule has 2 N–H and O–H groups in total. The van der Waals surface area contributed by atoms with E-state index >= 15 is 0 Å². The third-order valence-corrected chi connectivity index (χ3v) is 2.68. The van der Waals surface area contributed by atoms with E-state index in [0.717, 1.165) is 19.5 Å². The molecular formula is C15H24N2O3. The number of carbonyl (C=O) groups excluding carboxylic acids is 1. The molecule has 0 aromatic heterocycles. The lowest BCUT2D eigenvalue weighted by Gasteiger charge is -2.07. The maximum absolute atomic E-state index is 11.3. The van der Waals surface area contributed by atoms with Gasteiger partial charge in [-0.05, 0) is 18.5 Å². The molecule has 0 spiro atoms. The van der Waals surface area contributed by atoms with Crippen molar-refractivity contribution in [3.8, 4) is 0 Å². The topological polar surface area (TPSA) is 59.6 Å². The fourth-order valence-electron chi connectivity index (χ4n) is 1.64. The molecule has 0 saturated carbocycles. The predicted molar refractivity (Wildman–Crippen MR) is 78.5 cm³/mol. The summed E-state index contributed by atoms with van der Waals surface area (Å²) in [5, 5.41) is 6.04. The fourth-order valence-corrected chi connectivity index (χ4v) is 1.64. The van der Waals surface area contributed by atoms with Crippen molar-refractivity contribution in [2.75, 3.05) is 40.0 Å². The molecule has 0 saturated heterocycles. The van der Waals surface area contributed by atoms with Crippen LogP contribution < -0.4 is 10.6 Å². The molecule has 1 amide bonds. The van der Waals surface area contributed by atoms with Crippen molar-refractivity contribution in [2.24, 2.45) is 0 Å². The van der Waals surface area contributed by atoms with Crippen LogP contribution in [0.1, 0.15) is 12.0 Å². The molecule has 0 bridgehead atoms. The van der Waals surface area contributed by atoms with Crippen LogP contribution in [0.2, 0.25) is 0 Å². The number of rotatable bonds is 11. The molecule has 0 atom stereocenters. The lowest BCUT2D eigenvalue weighted by molar-refractivity contribution is -0.125. The SMILES string of the molecule is COCCNC(=O)COCCCNCc1ccccc1. The van der Waals surface area contributed by atoms with Crippen LogP contribution in [-0.4, -0.2) is 45.9 Å². The first-order chi connectivity index (χ1) is 9.83. The number of amides is 1. The lowest BCUT2D eigenvalue weighted by atomic mass is 10.2. The Kier molecular flexibility index (Phi) is 9.48. The minimum atomic E-state index is -0.0979. The molecule has 0 aliphatic rings. The summed E-state index contributed by atoms with van der Waals surface area (Å²) in [5.41, 5.74) is 1.27. The minimum Gasteiger partial charge on any atom is -0.383 e. The normalized spacial score (nSPS) is 10.4. The van der Waals surface area contributed by atoms with Gasteiger partial charge in [0.15, 0.2) is 0 Å². The summed E-state index contributed by atoms with van der Waals surface area (Å²) in [5.74, 6) is -0.0979. The molecule has 1 aromatic rings. The van der Waals surface area contributed by atoms with E-state index in [1.165, 1.54) is 5.56 Å². The van der Waals surface area contributed by atoms with Gasteiger partial charge < -0.3 is 20.1 Å². The molecule has 0 aliphatic heterocycles. The summed E-state index contributed by atoms with van der Waals surface area (Å²) >= 11 is 0. The van der Waals surface area contributed by atoms with Crippen molar-refractivity contribution in [1.82, 2.24) is 10.6 Å². The lowest BCUT2D eigenvalue weighted by Crippen LogP contribution is -2.30. The smallest absolute Gasteiger partial charge is 0.246 e. The molecule has 5 heteroatoms. The zero-order chi connectivity index (χ0) is 14.5. The zero-order valence-corrected chi connectivity index (χ0v) is 12.1. The number of benzene rings is 1. The molecule has 0 radical (unpaired) electrons. The number of ether oxygens (including phenoxy) is 2. The van der Waals surface area contributed by atoms with Crippen LogP contribution in [0.3, 0.4) is 0 Å². The van der Waals surface area contributed by atoms with Crippen LogP contribution in [0, 0.1) is 0 Å². The Morgan fingerprint density at radius 2 is 1.95 bits per heavy atom. The van der Waals surface area contributed by atoms with E-state index in [4.69, 9.17) is 9.47 Å². The van der Waals surface area contributed by atoms with Crippen molar-refractivity contribution in [2.45, 2.75) is 13.0 Å². The minimum absolute atomic E-state index is 0.0979. The summed E-state index contributed by atoms with van der Waals surface area (Å²) in [7, 11) is 1.60. The van der Waals surface area contributed by atoms with Gasteiger partial charge in [0.2, 0.25) is 5.91 Å². The van der Waals surface area contributed by atoms with Crippen molar-refractivity contribution < 1.29 is 14.3 Å². The van der Waals surface area contributed by atoms with E-state index in [0.29, 0.717) is 19.8 Å².